The van der Waals surface area contributed by atoms with Crippen molar-refractivity contribution in [2.24, 2.45) is 0 Å². The number of benzene rings is 3. The SMILES string of the molecule is c1ccc(C2=C(c3cccs3)NN(c3ccccc3)C2c2ccccc2)cc1. The molecule has 0 amide bonds. The van der Waals surface area contributed by atoms with Crippen molar-refractivity contribution in [2.45, 2.75) is 6.04 Å². The number of hydrogen-bond acceptors (Lipinski definition) is 3. The average molecular weight is 381 g/mol. The number of hydrogen-bond donors (Lipinski definition) is 1. The molecule has 0 spiro atoms. The molecule has 1 aliphatic rings. The quantitative estimate of drug-likeness (QED) is 0.442. The molecule has 0 bridgehead atoms. The lowest BCUT2D eigenvalue weighted by atomic mass is 9.91. The van der Waals surface area contributed by atoms with E-state index in [0.717, 1.165) is 5.69 Å². The Hall–Kier alpha value is -3.30. The Morgan fingerprint density at radius 2 is 1.32 bits per heavy atom. The van der Waals surface area contributed by atoms with Crippen LogP contribution in [0, 0.1) is 0 Å². The summed E-state index contributed by atoms with van der Waals surface area (Å²) in [6, 6.07) is 36.4. The first kappa shape index (κ1) is 16.8. The summed E-state index contributed by atoms with van der Waals surface area (Å²) in [4.78, 5) is 1.25. The van der Waals surface area contributed by atoms with Gasteiger partial charge in [-0.25, -0.2) is 0 Å². The smallest absolute Gasteiger partial charge is 0.103 e. The van der Waals surface area contributed by atoms with Gasteiger partial charge in [0.05, 0.1) is 16.3 Å². The van der Waals surface area contributed by atoms with Crippen molar-refractivity contribution in [2.75, 3.05) is 5.01 Å². The second-order valence-electron chi connectivity index (χ2n) is 6.76. The minimum absolute atomic E-state index is 0.0862. The summed E-state index contributed by atoms with van der Waals surface area (Å²) in [5, 5.41) is 4.42. The summed E-state index contributed by atoms with van der Waals surface area (Å²) >= 11 is 1.77. The van der Waals surface area contributed by atoms with E-state index in [9.17, 15) is 0 Å². The monoisotopic (exact) mass is 380 g/mol. The van der Waals surface area contributed by atoms with Gasteiger partial charge < -0.3 is 0 Å². The topological polar surface area (TPSA) is 15.3 Å². The molecule has 3 aromatic carbocycles. The van der Waals surface area contributed by atoms with Gasteiger partial charge in [0.15, 0.2) is 0 Å². The van der Waals surface area contributed by atoms with Gasteiger partial charge in [-0.3, -0.25) is 10.4 Å². The molecule has 0 saturated heterocycles. The highest BCUT2D eigenvalue weighted by Crippen LogP contribution is 2.46. The van der Waals surface area contributed by atoms with E-state index >= 15 is 0 Å². The first-order chi connectivity index (χ1) is 13.9. The summed E-state index contributed by atoms with van der Waals surface area (Å²) in [6.07, 6.45) is 0. The predicted octanol–water partition coefficient (Wildman–Crippen LogP) is 6.38. The van der Waals surface area contributed by atoms with E-state index in [2.05, 4.69) is 119 Å². The largest absolute Gasteiger partial charge is 0.296 e. The molecule has 136 valence electrons. The van der Waals surface area contributed by atoms with Crippen molar-refractivity contribution in [3.63, 3.8) is 0 Å². The molecule has 2 nitrogen and oxygen atoms in total. The number of nitrogens with zero attached hydrogens (tertiary/aromatic N) is 1. The van der Waals surface area contributed by atoms with Crippen LogP contribution in [0.25, 0.3) is 11.3 Å². The molecule has 2 heterocycles. The van der Waals surface area contributed by atoms with Crippen molar-refractivity contribution < 1.29 is 0 Å². The number of thiophene rings is 1. The van der Waals surface area contributed by atoms with Crippen LogP contribution in [0.1, 0.15) is 22.0 Å². The molecule has 1 aromatic heterocycles. The Morgan fingerprint density at radius 3 is 1.96 bits per heavy atom. The van der Waals surface area contributed by atoms with Crippen LogP contribution in [0.15, 0.2) is 109 Å². The molecular weight excluding hydrogens is 360 g/mol. The molecule has 3 heteroatoms. The fourth-order valence-electron chi connectivity index (χ4n) is 3.79. The number of anilines is 1. The number of hydrazine groups is 1. The Balaban J connectivity index is 1.74. The van der Waals surface area contributed by atoms with Crippen molar-refractivity contribution in [1.29, 1.82) is 0 Å². The molecule has 1 unspecified atom stereocenters. The fraction of sp³-hybridized carbons (Fsp3) is 0.0400. The van der Waals surface area contributed by atoms with Crippen LogP contribution in [0.5, 0.6) is 0 Å². The highest BCUT2D eigenvalue weighted by molar-refractivity contribution is 7.11. The molecule has 28 heavy (non-hydrogen) atoms. The van der Waals surface area contributed by atoms with Gasteiger partial charge in [-0.15, -0.1) is 11.3 Å². The zero-order valence-corrected chi connectivity index (χ0v) is 16.1. The normalized spacial score (nSPS) is 16.3. The van der Waals surface area contributed by atoms with Crippen LogP contribution < -0.4 is 10.4 Å². The van der Waals surface area contributed by atoms with E-state index in [4.69, 9.17) is 0 Å². The molecule has 0 fully saturated rings. The van der Waals surface area contributed by atoms with Gasteiger partial charge in [0.2, 0.25) is 0 Å². The van der Waals surface area contributed by atoms with E-state index in [1.54, 1.807) is 11.3 Å². The first-order valence-electron chi connectivity index (χ1n) is 9.41. The Morgan fingerprint density at radius 1 is 0.679 bits per heavy atom. The molecule has 4 aromatic rings. The van der Waals surface area contributed by atoms with E-state index < -0.39 is 0 Å². The minimum atomic E-state index is 0.0862. The highest BCUT2D eigenvalue weighted by Gasteiger charge is 2.35. The van der Waals surface area contributed by atoms with Gasteiger partial charge >= 0.3 is 0 Å². The Bertz CT molecular complexity index is 1070. The van der Waals surface area contributed by atoms with E-state index in [-0.39, 0.29) is 6.04 Å². The molecule has 0 saturated carbocycles. The van der Waals surface area contributed by atoms with Crippen LogP contribution >= 0.6 is 11.3 Å². The second-order valence-corrected chi connectivity index (χ2v) is 7.71. The molecule has 1 N–H and O–H groups in total. The zero-order valence-electron chi connectivity index (χ0n) is 15.3. The Kier molecular flexibility index (Phi) is 4.43. The number of nitrogens with one attached hydrogen (secondary N) is 1. The first-order valence-corrected chi connectivity index (χ1v) is 10.3. The van der Waals surface area contributed by atoms with Crippen LogP contribution in [-0.2, 0) is 0 Å². The molecule has 0 radical (unpaired) electrons. The van der Waals surface area contributed by atoms with Crippen molar-refractivity contribution >= 4 is 28.3 Å². The third kappa shape index (κ3) is 3.00. The predicted molar refractivity (Wildman–Crippen MR) is 119 cm³/mol. The van der Waals surface area contributed by atoms with Crippen LogP contribution in [0.2, 0.25) is 0 Å². The molecule has 1 atom stereocenters. The zero-order chi connectivity index (χ0) is 18.8. The van der Waals surface area contributed by atoms with E-state index in [0.29, 0.717) is 0 Å². The number of rotatable bonds is 4. The van der Waals surface area contributed by atoms with Crippen LogP contribution in [-0.4, -0.2) is 0 Å². The fourth-order valence-corrected chi connectivity index (χ4v) is 4.53. The summed E-state index contributed by atoms with van der Waals surface area (Å²) in [5.74, 6) is 0. The molecule has 0 aliphatic carbocycles. The molecule has 1 aliphatic heterocycles. The van der Waals surface area contributed by atoms with Gasteiger partial charge in [-0.1, -0.05) is 84.9 Å². The van der Waals surface area contributed by atoms with Crippen molar-refractivity contribution in [3.8, 4) is 0 Å². The third-order valence-corrected chi connectivity index (χ3v) is 5.92. The average Bonchev–Trinajstić information content (AvgIpc) is 3.43. The third-order valence-electron chi connectivity index (χ3n) is 5.04. The summed E-state index contributed by atoms with van der Waals surface area (Å²) in [5.41, 5.74) is 9.87. The lowest BCUT2D eigenvalue weighted by Gasteiger charge is -2.29. The Labute approximate surface area is 169 Å². The summed E-state index contributed by atoms with van der Waals surface area (Å²) < 4.78 is 0. The van der Waals surface area contributed by atoms with Crippen molar-refractivity contribution in [3.05, 3.63) is 125 Å². The standard InChI is InChI=1S/C25H20N2S/c1-4-11-19(12-5-1)23-24(22-17-10-18-28-22)26-27(21-15-8-3-9-16-21)25(23)20-13-6-2-7-14-20/h1-18,25-26H. The van der Waals surface area contributed by atoms with Crippen LogP contribution in [0.3, 0.4) is 0 Å². The summed E-state index contributed by atoms with van der Waals surface area (Å²) in [6.45, 7) is 0. The minimum Gasteiger partial charge on any atom is -0.296 e. The van der Waals surface area contributed by atoms with Gasteiger partial charge in [-0.05, 0) is 34.7 Å². The highest BCUT2D eigenvalue weighted by atomic mass is 32.1. The van der Waals surface area contributed by atoms with Gasteiger partial charge in [0.25, 0.3) is 0 Å². The van der Waals surface area contributed by atoms with Gasteiger partial charge in [-0.2, -0.15) is 0 Å². The molecule has 5 rings (SSSR count). The maximum atomic E-state index is 3.73. The maximum Gasteiger partial charge on any atom is 0.103 e. The lowest BCUT2D eigenvalue weighted by Crippen LogP contribution is -2.34. The van der Waals surface area contributed by atoms with Crippen LogP contribution in [0.4, 0.5) is 5.69 Å². The maximum absolute atomic E-state index is 3.73. The molecular formula is C25H20N2S. The van der Waals surface area contributed by atoms with Gasteiger partial charge in [0.1, 0.15) is 6.04 Å². The van der Waals surface area contributed by atoms with Crippen molar-refractivity contribution in [1.82, 2.24) is 5.43 Å². The summed E-state index contributed by atoms with van der Waals surface area (Å²) in [7, 11) is 0. The van der Waals surface area contributed by atoms with E-state index in [1.165, 1.54) is 27.3 Å². The lowest BCUT2D eigenvalue weighted by molar-refractivity contribution is 0.732. The second kappa shape index (κ2) is 7.37. The van der Waals surface area contributed by atoms with Gasteiger partial charge in [0, 0.05) is 5.57 Å². The van der Waals surface area contributed by atoms with E-state index in [1.807, 2.05) is 0 Å². The number of para-hydroxylation sites is 1.